The van der Waals surface area contributed by atoms with Crippen molar-refractivity contribution in [3.8, 4) is 0 Å². The summed E-state index contributed by atoms with van der Waals surface area (Å²) in [5.41, 5.74) is 0. The van der Waals surface area contributed by atoms with Gasteiger partial charge in [0, 0.05) is 19.3 Å². The predicted molar refractivity (Wildman–Crippen MR) is 265 cm³/mol. The van der Waals surface area contributed by atoms with Gasteiger partial charge in [0.25, 0.3) is 0 Å². The Labute approximate surface area is 383 Å². The third-order valence-electron chi connectivity index (χ3n) is 11.4. The summed E-state index contributed by atoms with van der Waals surface area (Å²) in [6, 6.07) is 0. The molecule has 6 heteroatoms. The maximum absolute atomic E-state index is 12.7. The second kappa shape index (κ2) is 50.8. The van der Waals surface area contributed by atoms with E-state index in [0.717, 1.165) is 51.4 Å². The average Bonchev–Trinajstić information content (AvgIpc) is 3.27. The molecule has 0 saturated carbocycles. The molecule has 0 spiro atoms. The molecule has 62 heavy (non-hydrogen) atoms. The van der Waals surface area contributed by atoms with Crippen LogP contribution < -0.4 is 0 Å². The Morgan fingerprint density at radius 1 is 0.339 bits per heavy atom. The molecular weight excluding hydrogens is 769 g/mol. The van der Waals surface area contributed by atoms with E-state index in [1.165, 1.54) is 161 Å². The molecule has 0 rings (SSSR count). The number of esters is 3. The molecule has 0 bridgehead atoms. The largest absolute Gasteiger partial charge is 0.462 e. The first-order chi connectivity index (χ1) is 30.5. The van der Waals surface area contributed by atoms with E-state index in [0.29, 0.717) is 19.3 Å². The smallest absolute Gasteiger partial charge is 0.306 e. The zero-order chi connectivity index (χ0) is 45.1. The van der Waals surface area contributed by atoms with Crippen LogP contribution in [0.2, 0.25) is 0 Å². The Hall–Kier alpha value is -2.89. The topological polar surface area (TPSA) is 78.9 Å². The van der Waals surface area contributed by atoms with Gasteiger partial charge in [0.1, 0.15) is 13.2 Å². The van der Waals surface area contributed by atoms with Crippen LogP contribution in [0, 0.1) is 0 Å². The van der Waals surface area contributed by atoms with E-state index in [1.807, 2.05) is 54.7 Å². The van der Waals surface area contributed by atoms with Gasteiger partial charge < -0.3 is 14.2 Å². The van der Waals surface area contributed by atoms with Crippen LogP contribution >= 0.6 is 0 Å². The van der Waals surface area contributed by atoms with E-state index < -0.39 is 6.10 Å². The molecule has 0 aliphatic rings. The molecule has 0 aromatic carbocycles. The van der Waals surface area contributed by atoms with Crippen molar-refractivity contribution in [3.05, 3.63) is 60.8 Å². The molecule has 0 N–H and O–H groups in total. The van der Waals surface area contributed by atoms with Gasteiger partial charge in [-0.3, -0.25) is 14.4 Å². The maximum Gasteiger partial charge on any atom is 0.306 e. The van der Waals surface area contributed by atoms with Crippen molar-refractivity contribution < 1.29 is 28.6 Å². The first-order valence-corrected chi connectivity index (χ1v) is 26.4. The Morgan fingerprint density at radius 3 is 0.968 bits per heavy atom. The Morgan fingerprint density at radius 2 is 0.629 bits per heavy atom. The predicted octanol–water partition coefficient (Wildman–Crippen LogP) is 17.3. The van der Waals surface area contributed by atoms with Gasteiger partial charge in [-0.25, -0.2) is 0 Å². The van der Waals surface area contributed by atoms with Gasteiger partial charge in [-0.1, -0.05) is 268 Å². The summed E-state index contributed by atoms with van der Waals surface area (Å²) in [7, 11) is 0. The lowest BCUT2D eigenvalue weighted by atomic mass is 10.0. The van der Waals surface area contributed by atoms with Crippen LogP contribution in [0.25, 0.3) is 0 Å². The van der Waals surface area contributed by atoms with Gasteiger partial charge >= 0.3 is 17.9 Å². The molecule has 1 unspecified atom stereocenters. The highest BCUT2D eigenvalue weighted by Gasteiger charge is 2.19. The molecule has 358 valence electrons. The molecule has 0 amide bonds. The Balaban J connectivity index is 4.37. The van der Waals surface area contributed by atoms with Gasteiger partial charge in [-0.15, -0.1) is 0 Å². The monoisotopic (exact) mass is 867 g/mol. The summed E-state index contributed by atoms with van der Waals surface area (Å²) in [4.78, 5) is 37.9. The van der Waals surface area contributed by atoms with Crippen LogP contribution in [0.15, 0.2) is 60.8 Å². The van der Waals surface area contributed by atoms with Crippen LogP contribution in [-0.4, -0.2) is 37.2 Å². The normalized spacial score (nSPS) is 12.5. The molecule has 0 heterocycles. The summed E-state index contributed by atoms with van der Waals surface area (Å²) < 4.78 is 16.7. The number of hydrogen-bond donors (Lipinski definition) is 0. The molecule has 0 aliphatic carbocycles. The second-order valence-corrected chi connectivity index (χ2v) is 17.5. The van der Waals surface area contributed by atoms with E-state index >= 15 is 0 Å². The highest BCUT2D eigenvalue weighted by Crippen LogP contribution is 2.16. The zero-order valence-corrected chi connectivity index (χ0v) is 40.9. The molecule has 0 aromatic rings. The van der Waals surface area contributed by atoms with Crippen LogP contribution in [0.1, 0.15) is 258 Å². The molecule has 0 radical (unpaired) electrons. The van der Waals surface area contributed by atoms with Crippen molar-refractivity contribution >= 4 is 17.9 Å². The van der Waals surface area contributed by atoms with Crippen molar-refractivity contribution in [2.45, 2.75) is 264 Å². The minimum atomic E-state index is -0.806. The number of unbranched alkanes of at least 4 members (excludes halogenated alkanes) is 30. The van der Waals surface area contributed by atoms with Crippen molar-refractivity contribution in [1.29, 1.82) is 0 Å². The average molecular weight is 867 g/mol. The number of hydrogen-bond acceptors (Lipinski definition) is 6. The molecule has 0 saturated heterocycles. The van der Waals surface area contributed by atoms with Crippen LogP contribution in [0.3, 0.4) is 0 Å². The number of allylic oxidation sites excluding steroid dienone is 10. The Kier molecular flexibility index (Phi) is 48.4. The minimum absolute atomic E-state index is 0.0993. The van der Waals surface area contributed by atoms with E-state index in [2.05, 4.69) is 26.8 Å². The summed E-state index contributed by atoms with van der Waals surface area (Å²) in [5.74, 6) is -0.966. The maximum atomic E-state index is 12.7. The lowest BCUT2D eigenvalue weighted by Gasteiger charge is -2.18. The van der Waals surface area contributed by atoms with E-state index in [9.17, 15) is 14.4 Å². The second-order valence-electron chi connectivity index (χ2n) is 17.5. The van der Waals surface area contributed by atoms with Gasteiger partial charge in [0.15, 0.2) is 6.10 Å². The molecule has 6 nitrogen and oxygen atoms in total. The summed E-state index contributed by atoms with van der Waals surface area (Å²) >= 11 is 0. The van der Waals surface area contributed by atoms with E-state index in [4.69, 9.17) is 14.2 Å². The van der Waals surface area contributed by atoms with Crippen LogP contribution in [0.5, 0.6) is 0 Å². The van der Waals surface area contributed by atoms with Crippen LogP contribution in [0.4, 0.5) is 0 Å². The van der Waals surface area contributed by atoms with Gasteiger partial charge in [0.2, 0.25) is 0 Å². The molecular formula is C56H98O6. The first-order valence-electron chi connectivity index (χ1n) is 26.4. The number of ether oxygens (including phenoxy) is 3. The highest BCUT2D eigenvalue weighted by atomic mass is 16.6. The van der Waals surface area contributed by atoms with Crippen molar-refractivity contribution in [1.82, 2.24) is 0 Å². The first kappa shape index (κ1) is 59.1. The SMILES string of the molecule is CC\C=C/C=C\C=C/C=C\C=C/CCCC(=O)OC(COC(=O)CCCCCCCCCCCCCC)COC(=O)CCCCCCCCCCCCCCCCCCCCC. The molecule has 0 aromatic heterocycles. The van der Waals surface area contributed by atoms with Crippen molar-refractivity contribution in [3.63, 3.8) is 0 Å². The number of carbonyl (C=O) groups excluding carboxylic acids is 3. The number of carbonyl (C=O) groups is 3. The summed E-state index contributed by atoms with van der Waals surface area (Å²) in [6.45, 7) is 6.45. The molecule has 1 atom stereocenters. The van der Waals surface area contributed by atoms with Crippen molar-refractivity contribution in [2.24, 2.45) is 0 Å². The van der Waals surface area contributed by atoms with Gasteiger partial charge in [-0.05, 0) is 32.1 Å². The fraction of sp³-hybridized carbons (Fsp3) is 0.768. The number of rotatable bonds is 47. The van der Waals surface area contributed by atoms with Gasteiger partial charge in [0.05, 0.1) is 0 Å². The third-order valence-corrected chi connectivity index (χ3v) is 11.4. The van der Waals surface area contributed by atoms with E-state index in [-0.39, 0.29) is 37.5 Å². The fourth-order valence-corrected chi connectivity index (χ4v) is 7.47. The molecule has 0 fully saturated rings. The standard InChI is InChI=1S/C56H98O6/c1-4-7-10-13-16-19-22-25-26-27-28-29-30-32-34-37-40-43-46-49-55(58)61-52-53(51-60-54(57)48-45-42-39-36-33-24-21-18-15-12-9-6-3)62-56(59)50-47-44-41-38-35-31-23-20-17-14-11-8-5-2/h8,11,14,17,20,23,31,35,38,41,53H,4-7,9-10,12-13,15-16,18-19,21-22,24-30,32-34,36-37,39-40,42-52H2,1-3H3/b11-8-,17-14-,23-20-,35-31-,41-38-. The van der Waals surface area contributed by atoms with E-state index in [1.54, 1.807) is 0 Å². The summed E-state index contributed by atoms with van der Waals surface area (Å²) in [6.07, 6.45) is 62.2. The fourth-order valence-electron chi connectivity index (χ4n) is 7.47. The van der Waals surface area contributed by atoms with Gasteiger partial charge in [-0.2, -0.15) is 0 Å². The zero-order valence-electron chi connectivity index (χ0n) is 40.9. The highest BCUT2D eigenvalue weighted by molar-refractivity contribution is 5.71. The third kappa shape index (κ3) is 48.1. The lowest BCUT2D eigenvalue weighted by molar-refractivity contribution is -0.167. The van der Waals surface area contributed by atoms with Crippen LogP contribution in [-0.2, 0) is 28.6 Å². The Bertz CT molecular complexity index is 1130. The lowest BCUT2D eigenvalue weighted by Crippen LogP contribution is -2.30. The minimum Gasteiger partial charge on any atom is -0.462 e. The van der Waals surface area contributed by atoms with Crippen molar-refractivity contribution in [2.75, 3.05) is 13.2 Å². The quantitative estimate of drug-likeness (QED) is 0.0262. The summed E-state index contributed by atoms with van der Waals surface area (Å²) in [5, 5.41) is 0. The molecule has 0 aliphatic heterocycles.